The van der Waals surface area contributed by atoms with Crippen LogP contribution in [0.25, 0.3) is 0 Å². The van der Waals surface area contributed by atoms with E-state index in [-0.39, 0.29) is 17.1 Å². The van der Waals surface area contributed by atoms with E-state index in [2.05, 4.69) is 32.9 Å². The van der Waals surface area contributed by atoms with Gasteiger partial charge < -0.3 is 5.32 Å². The van der Waals surface area contributed by atoms with E-state index in [0.717, 1.165) is 0 Å². The minimum atomic E-state index is -0.249. The van der Waals surface area contributed by atoms with E-state index in [1.165, 1.54) is 32.1 Å². The summed E-state index contributed by atoms with van der Waals surface area (Å²) < 4.78 is 0. The quantitative estimate of drug-likeness (QED) is 0.797. The van der Waals surface area contributed by atoms with Crippen LogP contribution in [0.5, 0.6) is 0 Å². The van der Waals surface area contributed by atoms with E-state index in [1.54, 1.807) is 0 Å². The van der Waals surface area contributed by atoms with Gasteiger partial charge in [-0.05, 0) is 23.5 Å². The van der Waals surface area contributed by atoms with Gasteiger partial charge in [-0.1, -0.05) is 26.2 Å². The van der Waals surface area contributed by atoms with Crippen LogP contribution in [0.15, 0.2) is 0 Å². The molecule has 0 unspecified atom stereocenters. The lowest BCUT2D eigenvalue weighted by molar-refractivity contribution is 0.0909. The highest BCUT2D eigenvalue weighted by Gasteiger charge is 2.27. The molecule has 6 heteroatoms. The van der Waals surface area contributed by atoms with Crippen molar-refractivity contribution in [3.05, 3.63) is 5.82 Å². The molecule has 1 amide bonds. The smallest absolute Gasteiger partial charge is 0.292 e. The minimum absolute atomic E-state index is 0.111. The number of hydrogen-bond acceptors (Lipinski definition) is 4. The van der Waals surface area contributed by atoms with E-state index in [0.29, 0.717) is 6.54 Å². The van der Waals surface area contributed by atoms with Crippen molar-refractivity contribution in [3.8, 4) is 0 Å². The van der Waals surface area contributed by atoms with Crippen molar-refractivity contribution >= 4 is 5.91 Å². The SMILES string of the molecule is CC1(CNC(=O)c2nn[nH]n2)CCCCC1. The van der Waals surface area contributed by atoms with Gasteiger partial charge in [0.25, 0.3) is 11.7 Å². The van der Waals surface area contributed by atoms with E-state index in [4.69, 9.17) is 0 Å². The highest BCUT2D eigenvalue weighted by Crippen LogP contribution is 2.34. The Bertz CT molecular complexity index is 342. The number of H-pyrrole nitrogens is 1. The molecular formula is C10H17N5O. The monoisotopic (exact) mass is 223 g/mol. The Hall–Kier alpha value is -1.46. The fourth-order valence-electron chi connectivity index (χ4n) is 2.21. The number of nitrogens with zero attached hydrogens (tertiary/aromatic N) is 3. The fraction of sp³-hybridized carbons (Fsp3) is 0.800. The molecule has 1 fully saturated rings. The molecular weight excluding hydrogens is 206 g/mol. The molecule has 0 atom stereocenters. The summed E-state index contributed by atoms with van der Waals surface area (Å²) in [4.78, 5) is 11.6. The molecule has 0 saturated heterocycles. The van der Waals surface area contributed by atoms with Gasteiger partial charge in [-0.25, -0.2) is 0 Å². The second-order valence-corrected chi connectivity index (χ2v) is 4.79. The highest BCUT2D eigenvalue weighted by molar-refractivity contribution is 5.90. The molecule has 0 aliphatic heterocycles. The predicted octanol–water partition coefficient (Wildman–Crippen LogP) is 0.900. The van der Waals surface area contributed by atoms with Crippen molar-refractivity contribution in [3.63, 3.8) is 0 Å². The summed E-state index contributed by atoms with van der Waals surface area (Å²) in [5.41, 5.74) is 0.234. The summed E-state index contributed by atoms with van der Waals surface area (Å²) in [7, 11) is 0. The lowest BCUT2D eigenvalue weighted by atomic mass is 9.76. The molecule has 1 aliphatic rings. The topological polar surface area (TPSA) is 83.6 Å². The van der Waals surface area contributed by atoms with Crippen molar-refractivity contribution in [2.75, 3.05) is 6.54 Å². The third kappa shape index (κ3) is 2.56. The average molecular weight is 223 g/mol. The molecule has 1 saturated carbocycles. The lowest BCUT2D eigenvalue weighted by Crippen LogP contribution is -2.37. The van der Waals surface area contributed by atoms with Crippen molar-refractivity contribution in [2.24, 2.45) is 5.41 Å². The molecule has 1 aliphatic carbocycles. The van der Waals surface area contributed by atoms with Crippen LogP contribution in [0.4, 0.5) is 0 Å². The molecule has 16 heavy (non-hydrogen) atoms. The van der Waals surface area contributed by atoms with Gasteiger partial charge in [0.15, 0.2) is 0 Å². The van der Waals surface area contributed by atoms with Crippen molar-refractivity contribution in [1.82, 2.24) is 25.9 Å². The Morgan fingerprint density at radius 2 is 2.19 bits per heavy atom. The zero-order valence-electron chi connectivity index (χ0n) is 9.49. The van der Waals surface area contributed by atoms with Crippen molar-refractivity contribution < 1.29 is 4.79 Å². The fourth-order valence-corrected chi connectivity index (χ4v) is 2.21. The summed E-state index contributed by atoms with van der Waals surface area (Å²) in [5, 5.41) is 15.8. The number of nitrogens with one attached hydrogen (secondary N) is 2. The van der Waals surface area contributed by atoms with E-state index < -0.39 is 0 Å². The third-order valence-corrected chi connectivity index (χ3v) is 3.28. The number of carbonyl (C=O) groups is 1. The molecule has 2 N–H and O–H groups in total. The first-order valence-corrected chi connectivity index (χ1v) is 5.71. The number of hydrogen-bond donors (Lipinski definition) is 2. The van der Waals surface area contributed by atoms with Gasteiger partial charge in [-0.3, -0.25) is 4.79 Å². The first-order chi connectivity index (χ1) is 7.70. The summed E-state index contributed by atoms with van der Waals surface area (Å²) in [6, 6.07) is 0. The molecule has 88 valence electrons. The van der Waals surface area contributed by atoms with Crippen molar-refractivity contribution in [1.29, 1.82) is 0 Å². The molecule has 1 heterocycles. The Labute approximate surface area is 94.2 Å². The Balaban J connectivity index is 1.84. The summed E-state index contributed by atoms with van der Waals surface area (Å²) >= 11 is 0. The molecule has 1 aromatic heterocycles. The third-order valence-electron chi connectivity index (χ3n) is 3.28. The van der Waals surface area contributed by atoms with Crippen LogP contribution in [0.1, 0.15) is 49.6 Å². The second-order valence-electron chi connectivity index (χ2n) is 4.79. The van der Waals surface area contributed by atoms with Gasteiger partial charge in [0.1, 0.15) is 0 Å². The van der Waals surface area contributed by atoms with Crippen LogP contribution in [-0.2, 0) is 0 Å². The summed E-state index contributed by atoms with van der Waals surface area (Å²) in [6.07, 6.45) is 6.19. The largest absolute Gasteiger partial charge is 0.349 e. The van der Waals surface area contributed by atoms with Gasteiger partial charge >= 0.3 is 0 Å². The summed E-state index contributed by atoms with van der Waals surface area (Å²) in [5.74, 6) is -0.139. The van der Waals surface area contributed by atoms with Crippen LogP contribution in [0.3, 0.4) is 0 Å². The Morgan fingerprint density at radius 1 is 1.44 bits per heavy atom. The predicted molar refractivity (Wildman–Crippen MR) is 57.7 cm³/mol. The standard InChI is InChI=1S/C10H17N5O/c1-10(5-3-2-4-6-10)7-11-9(16)8-12-14-15-13-8/h2-7H2,1H3,(H,11,16)(H,12,13,14,15). The number of tetrazole rings is 1. The molecule has 6 nitrogen and oxygen atoms in total. The van der Waals surface area contributed by atoms with E-state index >= 15 is 0 Å². The molecule has 0 aromatic carbocycles. The first kappa shape index (κ1) is 11.0. The Morgan fingerprint density at radius 3 is 2.81 bits per heavy atom. The number of aromatic nitrogens is 4. The molecule has 0 bridgehead atoms. The van der Waals surface area contributed by atoms with E-state index in [9.17, 15) is 4.79 Å². The zero-order chi connectivity index (χ0) is 11.4. The molecule has 0 radical (unpaired) electrons. The van der Waals surface area contributed by atoms with Gasteiger partial charge in [0, 0.05) is 6.54 Å². The van der Waals surface area contributed by atoms with Crippen LogP contribution < -0.4 is 5.32 Å². The van der Waals surface area contributed by atoms with Gasteiger partial charge in [0.05, 0.1) is 0 Å². The molecule has 0 spiro atoms. The Kier molecular flexibility index (Phi) is 3.17. The maximum atomic E-state index is 11.6. The second kappa shape index (κ2) is 4.59. The van der Waals surface area contributed by atoms with E-state index in [1.807, 2.05) is 0 Å². The van der Waals surface area contributed by atoms with Gasteiger partial charge in [-0.15, -0.1) is 10.2 Å². The molecule has 2 rings (SSSR count). The average Bonchev–Trinajstić information content (AvgIpc) is 2.80. The minimum Gasteiger partial charge on any atom is -0.349 e. The van der Waals surface area contributed by atoms with Crippen molar-refractivity contribution in [2.45, 2.75) is 39.0 Å². The number of rotatable bonds is 3. The normalized spacial score (nSPS) is 19.3. The maximum Gasteiger partial charge on any atom is 0.292 e. The van der Waals surface area contributed by atoms with Gasteiger partial charge in [0.2, 0.25) is 0 Å². The highest BCUT2D eigenvalue weighted by atomic mass is 16.2. The number of amides is 1. The maximum absolute atomic E-state index is 11.6. The van der Waals surface area contributed by atoms with Crippen LogP contribution in [-0.4, -0.2) is 33.1 Å². The lowest BCUT2D eigenvalue weighted by Gasteiger charge is -2.33. The van der Waals surface area contributed by atoms with Crippen LogP contribution in [0, 0.1) is 5.41 Å². The van der Waals surface area contributed by atoms with Crippen LogP contribution in [0.2, 0.25) is 0 Å². The first-order valence-electron chi connectivity index (χ1n) is 5.71. The van der Waals surface area contributed by atoms with Crippen LogP contribution >= 0.6 is 0 Å². The molecule has 1 aromatic rings. The number of aromatic amines is 1. The van der Waals surface area contributed by atoms with Gasteiger partial charge in [-0.2, -0.15) is 5.21 Å². The summed E-state index contributed by atoms with van der Waals surface area (Å²) in [6.45, 7) is 2.92. The zero-order valence-corrected chi connectivity index (χ0v) is 9.49. The number of carbonyl (C=O) groups excluding carboxylic acids is 1.